The van der Waals surface area contributed by atoms with Crippen LogP contribution in [0.2, 0.25) is 0 Å². The predicted molar refractivity (Wildman–Crippen MR) is 153 cm³/mol. The highest BCUT2D eigenvalue weighted by Crippen LogP contribution is 2.46. The van der Waals surface area contributed by atoms with Gasteiger partial charge in [-0.25, -0.2) is 4.79 Å². The number of aromatic nitrogens is 4. The smallest absolute Gasteiger partial charge is 0.405 e. The van der Waals surface area contributed by atoms with E-state index in [0.29, 0.717) is 22.7 Å². The minimum Gasteiger partial charge on any atom is -0.405 e. The van der Waals surface area contributed by atoms with E-state index in [9.17, 15) is 22.8 Å². The summed E-state index contributed by atoms with van der Waals surface area (Å²) in [4.78, 5) is 28.4. The fourth-order valence-corrected chi connectivity index (χ4v) is 6.52. The van der Waals surface area contributed by atoms with Gasteiger partial charge in [0.1, 0.15) is 23.3 Å². The van der Waals surface area contributed by atoms with Crippen LogP contribution in [0.3, 0.4) is 0 Å². The van der Waals surface area contributed by atoms with Crippen molar-refractivity contribution in [2.45, 2.75) is 75.6 Å². The maximum atomic E-state index is 13.1. The Kier molecular flexibility index (Phi) is 7.20. The highest BCUT2D eigenvalue weighted by atomic mass is 19.4. The number of nitriles is 1. The first-order chi connectivity index (χ1) is 21.7. The Bertz CT molecular complexity index is 1880. The molecule has 1 saturated carbocycles. The maximum absolute atomic E-state index is 13.1. The van der Waals surface area contributed by atoms with Crippen LogP contribution in [0.25, 0.3) is 16.9 Å². The second-order valence-electron chi connectivity index (χ2n) is 11.5. The van der Waals surface area contributed by atoms with Crippen LogP contribution >= 0.6 is 0 Å². The van der Waals surface area contributed by atoms with Crippen LogP contribution in [-0.2, 0) is 11.3 Å². The lowest BCUT2D eigenvalue weighted by Crippen LogP contribution is -2.45. The van der Waals surface area contributed by atoms with Crippen molar-refractivity contribution in [3.63, 3.8) is 0 Å². The number of anilines is 1. The second kappa shape index (κ2) is 11.2. The standard InChI is InChI=1S/C31H27F3N6O5/c32-31(33,34)44-26-4-2-1-3-23(26)27-24(28(45-38-27)17-5-6-17)16-43-22-13-20-11-12-21(14-22)39(20)18-7-9-19(10-8-18)40-30(42)36-29(41)25(15-35)37-40/h1-4,7-10,17,20-22H,5-6,11-14,16H2,(H,36,41,42)/t20-,21+,22+. The molecule has 2 aromatic heterocycles. The number of benzene rings is 2. The number of ether oxygens (including phenoxy) is 2. The summed E-state index contributed by atoms with van der Waals surface area (Å²) in [6.45, 7) is 0.162. The molecule has 2 aliphatic heterocycles. The molecule has 2 bridgehead atoms. The van der Waals surface area contributed by atoms with Crippen LogP contribution in [0.5, 0.6) is 5.75 Å². The van der Waals surface area contributed by atoms with Crippen molar-refractivity contribution in [1.82, 2.24) is 19.9 Å². The van der Waals surface area contributed by atoms with Gasteiger partial charge in [-0.2, -0.15) is 9.94 Å². The average molecular weight is 621 g/mol. The Balaban J connectivity index is 1.07. The minimum absolute atomic E-state index is 0.0668. The third-order valence-electron chi connectivity index (χ3n) is 8.61. The Morgan fingerprint density at radius 1 is 1.00 bits per heavy atom. The summed E-state index contributed by atoms with van der Waals surface area (Å²) in [6, 6.07) is 15.2. The molecule has 2 saturated heterocycles. The van der Waals surface area contributed by atoms with Crippen LogP contribution in [-0.4, -0.2) is 44.5 Å². The number of hydrogen-bond acceptors (Lipinski definition) is 9. The summed E-state index contributed by atoms with van der Waals surface area (Å²) in [6.07, 6.45) is 0.421. The number of para-hydroxylation sites is 1. The number of H-pyrrole nitrogens is 1. The predicted octanol–water partition coefficient (Wildman–Crippen LogP) is 4.94. The SMILES string of the molecule is N#Cc1nn(-c2ccc(N3[C@@H]4CC[C@H]3C[C@@H](OCc3c(-c5ccccc5OC(F)(F)F)noc3C3CC3)C4)cc2)c(=O)[nH]c1=O. The highest BCUT2D eigenvalue weighted by molar-refractivity contribution is 5.70. The molecule has 0 radical (unpaired) electrons. The van der Waals surface area contributed by atoms with Gasteiger partial charge in [0.2, 0.25) is 5.69 Å². The van der Waals surface area contributed by atoms with Gasteiger partial charge in [0.05, 0.1) is 18.4 Å². The van der Waals surface area contributed by atoms with Crippen molar-refractivity contribution in [1.29, 1.82) is 5.26 Å². The second-order valence-corrected chi connectivity index (χ2v) is 11.5. The van der Waals surface area contributed by atoms with Crippen LogP contribution in [0.15, 0.2) is 62.6 Å². The zero-order valence-corrected chi connectivity index (χ0v) is 23.8. The van der Waals surface area contributed by atoms with E-state index in [1.807, 2.05) is 12.1 Å². The van der Waals surface area contributed by atoms with Crippen LogP contribution in [0.4, 0.5) is 18.9 Å². The number of piperidine rings is 1. The Morgan fingerprint density at radius 3 is 2.36 bits per heavy atom. The van der Waals surface area contributed by atoms with E-state index in [0.717, 1.165) is 48.9 Å². The third-order valence-corrected chi connectivity index (χ3v) is 8.61. The molecule has 7 rings (SSSR count). The summed E-state index contributed by atoms with van der Waals surface area (Å²) in [5.41, 5.74) is 0.581. The van der Waals surface area contributed by atoms with Crippen LogP contribution in [0, 0.1) is 11.3 Å². The van der Waals surface area contributed by atoms with Gasteiger partial charge < -0.3 is 18.9 Å². The molecule has 11 nitrogen and oxygen atoms in total. The molecule has 4 heterocycles. The highest BCUT2D eigenvalue weighted by Gasteiger charge is 2.42. The van der Waals surface area contributed by atoms with Crippen molar-refractivity contribution >= 4 is 5.69 Å². The van der Waals surface area contributed by atoms with Crippen molar-refractivity contribution in [2.75, 3.05) is 4.90 Å². The number of halogens is 3. The summed E-state index contributed by atoms with van der Waals surface area (Å²) in [5, 5.41) is 17.2. The molecular weight excluding hydrogens is 593 g/mol. The Labute approximate surface area is 253 Å². The lowest BCUT2D eigenvalue weighted by atomic mass is 9.98. The molecule has 1 N–H and O–H groups in total. The van der Waals surface area contributed by atoms with Gasteiger partial charge in [-0.15, -0.1) is 18.3 Å². The first kappa shape index (κ1) is 28.8. The van der Waals surface area contributed by atoms with E-state index in [-0.39, 0.29) is 42.0 Å². The quantitative estimate of drug-likeness (QED) is 0.290. The molecule has 0 unspecified atom stereocenters. The number of alkyl halides is 3. The summed E-state index contributed by atoms with van der Waals surface area (Å²) >= 11 is 0. The molecule has 45 heavy (non-hydrogen) atoms. The summed E-state index contributed by atoms with van der Waals surface area (Å²) < 4.78 is 56.8. The Morgan fingerprint density at radius 2 is 1.69 bits per heavy atom. The maximum Gasteiger partial charge on any atom is 0.573 e. The van der Waals surface area contributed by atoms with Gasteiger partial charge >= 0.3 is 12.1 Å². The van der Waals surface area contributed by atoms with Gasteiger partial charge in [0.25, 0.3) is 5.56 Å². The van der Waals surface area contributed by atoms with Gasteiger partial charge in [-0.05, 0) is 74.9 Å². The molecule has 3 aliphatic rings. The number of aromatic amines is 1. The molecule has 0 amide bonds. The number of rotatable bonds is 8. The molecule has 1 aliphatic carbocycles. The number of fused-ring (bicyclic) bond motifs is 2. The number of nitrogens with one attached hydrogen (secondary N) is 1. The largest absolute Gasteiger partial charge is 0.573 e. The minimum atomic E-state index is -4.85. The molecule has 0 spiro atoms. The van der Waals surface area contributed by atoms with E-state index >= 15 is 0 Å². The topological polar surface area (TPSA) is 139 Å². The zero-order valence-electron chi connectivity index (χ0n) is 23.8. The van der Waals surface area contributed by atoms with Crippen molar-refractivity contribution < 1.29 is 27.2 Å². The monoisotopic (exact) mass is 620 g/mol. The zero-order chi connectivity index (χ0) is 31.3. The average Bonchev–Trinajstić information content (AvgIpc) is 3.71. The van der Waals surface area contributed by atoms with Gasteiger partial charge in [-0.3, -0.25) is 9.78 Å². The fourth-order valence-electron chi connectivity index (χ4n) is 6.52. The third kappa shape index (κ3) is 5.71. The number of hydrogen-bond donors (Lipinski definition) is 1. The van der Waals surface area contributed by atoms with E-state index in [4.69, 9.17) is 14.5 Å². The number of nitrogens with zero attached hydrogens (tertiary/aromatic N) is 5. The van der Waals surface area contributed by atoms with Crippen LogP contribution in [0.1, 0.15) is 61.5 Å². The first-order valence-electron chi connectivity index (χ1n) is 14.7. The molecule has 14 heteroatoms. The van der Waals surface area contributed by atoms with E-state index in [1.165, 1.54) is 18.2 Å². The lowest BCUT2D eigenvalue weighted by Gasteiger charge is -2.40. The van der Waals surface area contributed by atoms with Gasteiger partial charge in [0.15, 0.2) is 0 Å². The van der Waals surface area contributed by atoms with Crippen molar-refractivity contribution in [3.05, 3.63) is 86.4 Å². The van der Waals surface area contributed by atoms with Gasteiger partial charge in [0, 0.05) is 34.8 Å². The normalized spacial score (nSPS) is 21.1. The molecular formula is C31H27F3N6O5. The molecule has 2 aromatic carbocycles. The molecule has 3 fully saturated rings. The van der Waals surface area contributed by atoms with Crippen molar-refractivity contribution in [2.24, 2.45) is 0 Å². The molecule has 3 atom stereocenters. The lowest BCUT2D eigenvalue weighted by molar-refractivity contribution is -0.274. The summed E-state index contributed by atoms with van der Waals surface area (Å²) in [5.74, 6) is 0.492. The molecule has 4 aromatic rings. The summed E-state index contributed by atoms with van der Waals surface area (Å²) in [7, 11) is 0. The van der Waals surface area contributed by atoms with Gasteiger partial charge in [-0.1, -0.05) is 17.3 Å². The van der Waals surface area contributed by atoms with E-state index in [2.05, 4.69) is 24.9 Å². The Hall–Kier alpha value is -4.90. The van der Waals surface area contributed by atoms with E-state index in [1.54, 1.807) is 24.3 Å². The van der Waals surface area contributed by atoms with E-state index < -0.39 is 23.3 Å². The van der Waals surface area contributed by atoms with Crippen molar-refractivity contribution in [3.8, 4) is 28.8 Å². The fraction of sp³-hybridized carbons (Fsp3) is 0.387. The van der Waals surface area contributed by atoms with Crippen LogP contribution < -0.4 is 20.9 Å². The first-order valence-corrected chi connectivity index (χ1v) is 14.7. The molecule has 232 valence electrons.